The summed E-state index contributed by atoms with van der Waals surface area (Å²) in [6.07, 6.45) is 0.0437. The Morgan fingerprint density at radius 1 is 1.16 bits per heavy atom. The first-order valence-corrected chi connectivity index (χ1v) is 7.39. The highest BCUT2D eigenvalue weighted by molar-refractivity contribution is 9.11. The van der Waals surface area contributed by atoms with Crippen LogP contribution in [0.25, 0.3) is 0 Å². The summed E-state index contributed by atoms with van der Waals surface area (Å²) in [7, 11) is 3.21. The minimum Gasteiger partial charge on any atom is -0.493 e. The topological polar surface area (TPSA) is 38.7 Å². The largest absolute Gasteiger partial charge is 0.493 e. The third-order valence-corrected chi connectivity index (χ3v) is 4.52. The summed E-state index contributed by atoms with van der Waals surface area (Å²) in [5.41, 5.74) is 1.01. The highest BCUT2D eigenvalue weighted by Gasteiger charge is 2.13. The zero-order valence-electron chi connectivity index (χ0n) is 10.7. The average molecular weight is 343 g/mol. The fourth-order valence-electron chi connectivity index (χ4n) is 1.84. The molecule has 19 heavy (non-hydrogen) atoms. The molecule has 1 aromatic heterocycles. The van der Waals surface area contributed by atoms with Crippen LogP contribution in [0, 0.1) is 0 Å². The Bertz CT molecular complexity index is 553. The fraction of sp³-hybridized carbons (Fsp3) is 0.286. The molecule has 102 valence electrons. The van der Waals surface area contributed by atoms with E-state index >= 15 is 0 Å². The summed E-state index contributed by atoms with van der Waals surface area (Å²) in [6.45, 7) is 0. The molecule has 0 aliphatic carbocycles. The molecule has 0 aliphatic heterocycles. The molecule has 5 heteroatoms. The van der Waals surface area contributed by atoms with E-state index in [1.165, 1.54) is 0 Å². The molecule has 0 bridgehead atoms. The first-order chi connectivity index (χ1) is 9.13. The molecule has 1 heterocycles. The molecule has 0 spiro atoms. The van der Waals surface area contributed by atoms with Crippen LogP contribution in [-0.2, 0) is 6.42 Å². The second-order valence-corrected chi connectivity index (χ2v) is 6.55. The normalized spacial score (nSPS) is 12.2. The Balaban J connectivity index is 2.14. The molecular weight excluding hydrogens is 328 g/mol. The number of hydrogen-bond acceptors (Lipinski definition) is 4. The summed E-state index contributed by atoms with van der Waals surface area (Å²) >= 11 is 4.94. The van der Waals surface area contributed by atoms with Crippen molar-refractivity contribution in [2.75, 3.05) is 14.2 Å². The monoisotopic (exact) mass is 342 g/mol. The van der Waals surface area contributed by atoms with Gasteiger partial charge in [0.05, 0.1) is 24.1 Å². The lowest BCUT2D eigenvalue weighted by Crippen LogP contribution is -2.00. The van der Waals surface area contributed by atoms with Crippen molar-refractivity contribution in [1.82, 2.24) is 0 Å². The van der Waals surface area contributed by atoms with Gasteiger partial charge in [0, 0.05) is 11.3 Å². The third-order valence-electron chi connectivity index (χ3n) is 2.80. The van der Waals surface area contributed by atoms with Crippen molar-refractivity contribution >= 4 is 27.3 Å². The van der Waals surface area contributed by atoms with Crippen molar-refractivity contribution in [2.24, 2.45) is 0 Å². The molecule has 0 fully saturated rings. The molecule has 0 saturated carbocycles. The van der Waals surface area contributed by atoms with Crippen LogP contribution in [0.4, 0.5) is 0 Å². The van der Waals surface area contributed by atoms with Gasteiger partial charge in [0.25, 0.3) is 0 Å². The molecule has 2 aromatic rings. The van der Waals surface area contributed by atoms with E-state index < -0.39 is 6.10 Å². The molecular formula is C14H15BrO3S. The summed E-state index contributed by atoms with van der Waals surface area (Å²) in [4.78, 5) is 0.946. The first kappa shape index (κ1) is 14.4. The summed E-state index contributed by atoms with van der Waals surface area (Å²) in [5.74, 6) is 1.37. The highest BCUT2D eigenvalue weighted by atomic mass is 79.9. The van der Waals surface area contributed by atoms with Crippen LogP contribution in [-0.4, -0.2) is 19.3 Å². The van der Waals surface area contributed by atoms with E-state index in [4.69, 9.17) is 9.47 Å². The molecule has 0 amide bonds. The second kappa shape index (κ2) is 6.41. The van der Waals surface area contributed by atoms with Gasteiger partial charge in [0.2, 0.25) is 0 Å². The van der Waals surface area contributed by atoms with Crippen molar-refractivity contribution in [3.05, 3.63) is 44.6 Å². The number of methoxy groups -OCH3 is 2. The van der Waals surface area contributed by atoms with Gasteiger partial charge in [-0.1, -0.05) is 6.07 Å². The van der Waals surface area contributed by atoms with Crippen molar-refractivity contribution < 1.29 is 14.6 Å². The number of aliphatic hydroxyl groups is 1. The third kappa shape index (κ3) is 3.49. The van der Waals surface area contributed by atoms with Crippen LogP contribution in [0.15, 0.2) is 34.1 Å². The Morgan fingerprint density at radius 3 is 2.47 bits per heavy atom. The van der Waals surface area contributed by atoms with Crippen LogP contribution in [0.3, 0.4) is 0 Å². The van der Waals surface area contributed by atoms with Crippen LogP contribution < -0.4 is 9.47 Å². The smallest absolute Gasteiger partial charge is 0.160 e. The SMILES string of the molecule is COc1ccc(CC(O)c2ccc(Br)s2)cc1OC. The molecule has 0 radical (unpaired) electrons. The summed E-state index contributed by atoms with van der Waals surface area (Å²) in [5, 5.41) is 10.2. The molecule has 2 rings (SSSR count). The van der Waals surface area contributed by atoms with Crippen molar-refractivity contribution in [2.45, 2.75) is 12.5 Å². The van der Waals surface area contributed by atoms with Gasteiger partial charge >= 0.3 is 0 Å². The Hall–Kier alpha value is -1.04. The molecule has 0 aliphatic rings. The van der Waals surface area contributed by atoms with Gasteiger partial charge in [-0.3, -0.25) is 0 Å². The van der Waals surface area contributed by atoms with Gasteiger partial charge in [0.1, 0.15) is 0 Å². The molecule has 0 saturated heterocycles. The summed E-state index contributed by atoms with van der Waals surface area (Å²) in [6, 6.07) is 9.56. The van der Waals surface area contributed by atoms with Crippen LogP contribution in [0.5, 0.6) is 11.5 Å². The number of aliphatic hydroxyl groups excluding tert-OH is 1. The minimum atomic E-state index is -0.505. The van der Waals surface area contributed by atoms with E-state index in [9.17, 15) is 5.11 Å². The Morgan fingerprint density at radius 2 is 1.89 bits per heavy atom. The van der Waals surface area contributed by atoms with E-state index in [2.05, 4.69) is 15.9 Å². The van der Waals surface area contributed by atoms with Gasteiger partial charge in [-0.2, -0.15) is 0 Å². The average Bonchev–Trinajstić information content (AvgIpc) is 2.85. The minimum absolute atomic E-state index is 0.505. The maximum Gasteiger partial charge on any atom is 0.160 e. The number of ether oxygens (including phenoxy) is 2. The van der Waals surface area contributed by atoms with Crippen LogP contribution in [0.1, 0.15) is 16.5 Å². The van der Waals surface area contributed by atoms with Crippen molar-refractivity contribution in [3.63, 3.8) is 0 Å². The molecule has 1 aromatic carbocycles. The second-order valence-electron chi connectivity index (χ2n) is 4.05. The van der Waals surface area contributed by atoms with Gasteiger partial charge in [-0.15, -0.1) is 11.3 Å². The first-order valence-electron chi connectivity index (χ1n) is 5.78. The van der Waals surface area contributed by atoms with E-state index in [-0.39, 0.29) is 0 Å². The van der Waals surface area contributed by atoms with Crippen LogP contribution >= 0.6 is 27.3 Å². The quantitative estimate of drug-likeness (QED) is 0.897. The summed E-state index contributed by atoms with van der Waals surface area (Å²) < 4.78 is 11.5. The van der Waals surface area contributed by atoms with E-state index in [0.717, 1.165) is 14.2 Å². The number of thiophene rings is 1. The lowest BCUT2D eigenvalue weighted by Gasteiger charge is -2.12. The van der Waals surface area contributed by atoms with Gasteiger partial charge in [0.15, 0.2) is 11.5 Å². The molecule has 1 atom stereocenters. The number of halogens is 1. The number of hydrogen-bond donors (Lipinski definition) is 1. The lowest BCUT2D eigenvalue weighted by molar-refractivity contribution is 0.182. The highest BCUT2D eigenvalue weighted by Crippen LogP contribution is 2.32. The number of rotatable bonds is 5. The molecule has 1 N–H and O–H groups in total. The maximum absolute atomic E-state index is 10.2. The Kier molecular flexibility index (Phi) is 4.85. The molecule has 3 nitrogen and oxygen atoms in total. The van der Waals surface area contributed by atoms with E-state index in [1.54, 1.807) is 25.6 Å². The van der Waals surface area contributed by atoms with E-state index in [1.807, 2.05) is 30.3 Å². The van der Waals surface area contributed by atoms with Crippen LogP contribution in [0.2, 0.25) is 0 Å². The van der Waals surface area contributed by atoms with Gasteiger partial charge < -0.3 is 14.6 Å². The van der Waals surface area contributed by atoms with Gasteiger partial charge in [-0.05, 0) is 45.8 Å². The fourth-order valence-corrected chi connectivity index (χ4v) is 3.25. The zero-order chi connectivity index (χ0) is 13.8. The van der Waals surface area contributed by atoms with E-state index in [0.29, 0.717) is 17.9 Å². The predicted octanol–water partition coefficient (Wildman–Crippen LogP) is 3.80. The zero-order valence-corrected chi connectivity index (χ0v) is 13.1. The van der Waals surface area contributed by atoms with Gasteiger partial charge in [-0.25, -0.2) is 0 Å². The number of benzene rings is 1. The maximum atomic E-state index is 10.2. The van der Waals surface area contributed by atoms with Crippen molar-refractivity contribution in [3.8, 4) is 11.5 Å². The van der Waals surface area contributed by atoms with Crippen molar-refractivity contribution in [1.29, 1.82) is 0 Å². The Labute approximate surface area is 124 Å². The molecule has 1 unspecified atom stereocenters. The lowest BCUT2D eigenvalue weighted by atomic mass is 10.1. The standard InChI is InChI=1S/C14H15BrO3S/c1-17-11-4-3-9(8-12(11)18-2)7-10(16)13-5-6-14(15)19-13/h3-6,8,10,16H,7H2,1-2H3. The predicted molar refractivity (Wildman–Crippen MR) is 80.2 cm³/mol.